The van der Waals surface area contributed by atoms with Crippen LogP contribution in [-0.4, -0.2) is 67.4 Å². The molecule has 0 bridgehead atoms. The quantitative estimate of drug-likeness (QED) is 0.165. The molecule has 1 aliphatic heterocycles. The van der Waals surface area contributed by atoms with Crippen LogP contribution in [0.15, 0.2) is 73.1 Å². The van der Waals surface area contributed by atoms with E-state index in [1.54, 1.807) is 29.1 Å². The van der Waals surface area contributed by atoms with Crippen molar-refractivity contribution in [3.63, 3.8) is 0 Å². The maximum Gasteiger partial charge on any atom is 0.322 e. The van der Waals surface area contributed by atoms with Crippen LogP contribution in [-0.2, 0) is 21.5 Å². The van der Waals surface area contributed by atoms with Crippen molar-refractivity contribution in [1.29, 1.82) is 0 Å². The number of para-hydroxylation sites is 1. The highest BCUT2D eigenvalue weighted by Crippen LogP contribution is 2.40. The smallest absolute Gasteiger partial charge is 0.322 e. The molecular weight excluding hydrogens is 622 g/mol. The van der Waals surface area contributed by atoms with Crippen molar-refractivity contribution in [2.45, 2.75) is 39.7 Å². The number of aryl methyl sites for hydroxylation is 1. The number of anilines is 2. The van der Waals surface area contributed by atoms with E-state index in [4.69, 9.17) is 14.0 Å². The van der Waals surface area contributed by atoms with Crippen molar-refractivity contribution in [3.8, 4) is 22.6 Å². The van der Waals surface area contributed by atoms with Gasteiger partial charge in [-0.15, -0.1) is 0 Å². The minimum absolute atomic E-state index is 0.0191. The van der Waals surface area contributed by atoms with Crippen molar-refractivity contribution < 1.29 is 32.0 Å². The molecule has 0 fully saturated rings. The van der Waals surface area contributed by atoms with Gasteiger partial charge in [0, 0.05) is 43.0 Å². The Morgan fingerprint density at radius 3 is 2.70 bits per heavy atom. The van der Waals surface area contributed by atoms with Crippen LogP contribution in [0.2, 0.25) is 0 Å². The fraction of sp³-hybridized carbons (Fsp3) is 0.324. The summed E-state index contributed by atoms with van der Waals surface area (Å²) in [5, 5.41) is 6.71. The molecule has 0 spiro atoms. The molecule has 47 heavy (non-hydrogen) atoms. The number of carbonyl (C=O) groups excluding carboxylic acids is 2. The van der Waals surface area contributed by atoms with Gasteiger partial charge in [-0.25, -0.2) is 4.79 Å². The van der Waals surface area contributed by atoms with Crippen LogP contribution in [0, 0.1) is 13.8 Å². The first-order valence-electron chi connectivity index (χ1n) is 15.3. The molecule has 0 saturated carbocycles. The van der Waals surface area contributed by atoms with Gasteiger partial charge < -0.3 is 19.7 Å². The molecule has 2 heterocycles. The third-order valence-electron chi connectivity index (χ3n) is 8.00. The molecule has 2 N–H and O–H groups in total. The van der Waals surface area contributed by atoms with Crippen molar-refractivity contribution in [2.75, 3.05) is 42.5 Å². The van der Waals surface area contributed by atoms with E-state index < -0.39 is 22.0 Å². The van der Waals surface area contributed by atoms with Gasteiger partial charge in [0.05, 0.1) is 31.6 Å². The number of aromatic nitrogens is 2. The number of benzene rings is 3. The Balaban J connectivity index is 1.25. The van der Waals surface area contributed by atoms with E-state index in [1.165, 1.54) is 17.5 Å². The van der Waals surface area contributed by atoms with Crippen LogP contribution in [0.4, 0.5) is 16.2 Å². The lowest BCUT2D eigenvalue weighted by Crippen LogP contribution is -2.39. The van der Waals surface area contributed by atoms with Crippen LogP contribution in [0.3, 0.4) is 0 Å². The van der Waals surface area contributed by atoms with Crippen LogP contribution in [0.25, 0.3) is 11.1 Å². The van der Waals surface area contributed by atoms with Crippen LogP contribution < -0.4 is 24.6 Å². The van der Waals surface area contributed by atoms with Gasteiger partial charge in [-0.3, -0.25) is 18.9 Å². The molecule has 12 nitrogen and oxygen atoms in total. The minimum Gasteiger partial charge on any atom is -0.493 e. The second kappa shape index (κ2) is 14.7. The Morgan fingerprint density at radius 1 is 1.11 bits per heavy atom. The van der Waals surface area contributed by atoms with E-state index in [2.05, 4.69) is 10.4 Å². The highest BCUT2D eigenvalue weighted by molar-refractivity contribution is 7.85. The van der Waals surface area contributed by atoms with Gasteiger partial charge in [0.1, 0.15) is 11.6 Å². The number of fused-ring (bicyclic) bond motifs is 1. The zero-order chi connectivity index (χ0) is 33.6. The largest absolute Gasteiger partial charge is 0.493 e. The lowest BCUT2D eigenvalue weighted by molar-refractivity contribution is -0.118. The van der Waals surface area contributed by atoms with E-state index in [9.17, 15) is 18.0 Å². The second-order valence-electron chi connectivity index (χ2n) is 11.4. The number of hydrogen-bond donors (Lipinski definition) is 2. The number of amides is 3. The SMILES string of the molecule is Cc1cccc(OCCCC(=O)N2CCCOc3c(-c4cnn(Cc5cccc(N(C)C(=O)NCS(=O)(=O)O)c5)c4)cccc32)c1C. The standard InChI is InChI=1S/C34H39N5O7S/c1-24-9-4-14-31(25(24)2)45-17-7-15-32(40)39-16-8-18-46-33-29(12-6-13-30(33)39)27-20-36-38(22-27)21-26-10-5-11-28(19-26)37(3)34(41)35-23-47(42,43)44/h4-6,9-14,19-20,22H,7-8,15-18,21,23H2,1-3H3,(H,35,41)(H,42,43,44). The fourth-order valence-electron chi connectivity index (χ4n) is 5.34. The highest BCUT2D eigenvalue weighted by Gasteiger charge is 2.25. The molecule has 0 saturated heterocycles. The first-order valence-corrected chi connectivity index (χ1v) is 16.9. The first-order chi connectivity index (χ1) is 22.5. The van der Waals surface area contributed by atoms with Crippen molar-refractivity contribution in [2.24, 2.45) is 0 Å². The van der Waals surface area contributed by atoms with E-state index >= 15 is 0 Å². The summed E-state index contributed by atoms with van der Waals surface area (Å²) >= 11 is 0. The molecule has 0 aliphatic carbocycles. The van der Waals surface area contributed by atoms with Crippen molar-refractivity contribution in [1.82, 2.24) is 15.1 Å². The van der Waals surface area contributed by atoms with Crippen LogP contribution >= 0.6 is 0 Å². The Morgan fingerprint density at radius 2 is 1.89 bits per heavy atom. The normalized spacial score (nSPS) is 12.9. The van der Waals surface area contributed by atoms with Crippen molar-refractivity contribution >= 4 is 33.4 Å². The van der Waals surface area contributed by atoms with E-state index in [0.717, 1.165) is 33.7 Å². The van der Waals surface area contributed by atoms with Crippen LogP contribution in [0.1, 0.15) is 36.0 Å². The summed E-state index contributed by atoms with van der Waals surface area (Å²) in [7, 11) is -2.84. The van der Waals surface area contributed by atoms with E-state index in [-0.39, 0.29) is 5.91 Å². The zero-order valence-corrected chi connectivity index (χ0v) is 27.5. The fourth-order valence-corrected chi connectivity index (χ4v) is 5.65. The monoisotopic (exact) mass is 661 g/mol. The molecule has 0 radical (unpaired) electrons. The number of hydrogen-bond acceptors (Lipinski definition) is 7. The maximum atomic E-state index is 13.4. The topological polar surface area (TPSA) is 143 Å². The molecule has 1 aromatic heterocycles. The van der Waals surface area contributed by atoms with Crippen LogP contribution in [0.5, 0.6) is 11.5 Å². The molecule has 1 aliphatic rings. The summed E-state index contributed by atoms with van der Waals surface area (Å²) < 4.78 is 44.8. The van der Waals surface area contributed by atoms with Gasteiger partial charge in [-0.2, -0.15) is 13.5 Å². The van der Waals surface area contributed by atoms with Gasteiger partial charge >= 0.3 is 6.03 Å². The van der Waals surface area contributed by atoms with E-state index in [1.807, 2.05) is 67.4 Å². The predicted molar refractivity (Wildman–Crippen MR) is 180 cm³/mol. The maximum absolute atomic E-state index is 13.4. The molecular formula is C34H39N5O7S. The van der Waals surface area contributed by atoms with Gasteiger partial charge in [-0.05, 0) is 67.6 Å². The Labute approximate surface area is 274 Å². The predicted octanol–water partition coefficient (Wildman–Crippen LogP) is 5.18. The Bertz CT molecular complexity index is 1860. The molecule has 3 aromatic carbocycles. The average Bonchev–Trinajstić information content (AvgIpc) is 3.39. The zero-order valence-electron chi connectivity index (χ0n) is 26.7. The third kappa shape index (κ3) is 8.48. The lowest BCUT2D eigenvalue weighted by atomic mass is 10.1. The van der Waals surface area contributed by atoms with Gasteiger partial charge in [0.15, 0.2) is 5.75 Å². The Kier molecular flexibility index (Phi) is 10.5. The molecule has 5 rings (SSSR count). The minimum atomic E-state index is -4.34. The molecule has 0 unspecified atom stereocenters. The summed E-state index contributed by atoms with van der Waals surface area (Å²) in [4.78, 5) is 28.8. The number of urea groups is 1. The molecule has 3 amide bonds. The van der Waals surface area contributed by atoms with Gasteiger partial charge in [-0.1, -0.05) is 36.4 Å². The summed E-state index contributed by atoms with van der Waals surface area (Å²) in [6.07, 6.45) is 5.30. The van der Waals surface area contributed by atoms with Crippen molar-refractivity contribution in [3.05, 3.63) is 89.7 Å². The number of nitrogens with one attached hydrogen (secondary N) is 1. The summed E-state index contributed by atoms with van der Waals surface area (Å²) in [5.41, 5.74) is 6.06. The number of rotatable bonds is 11. The lowest BCUT2D eigenvalue weighted by Gasteiger charge is -2.23. The third-order valence-corrected chi connectivity index (χ3v) is 8.51. The second-order valence-corrected chi connectivity index (χ2v) is 12.9. The highest BCUT2D eigenvalue weighted by atomic mass is 32.2. The molecule has 4 aromatic rings. The molecule has 13 heteroatoms. The number of nitrogens with zero attached hydrogens (tertiary/aromatic N) is 4. The Hall–Kier alpha value is -4.88. The number of carbonyl (C=O) groups is 2. The first kappa shape index (κ1) is 33.5. The van der Waals surface area contributed by atoms with Gasteiger partial charge in [0.25, 0.3) is 10.1 Å². The number of ether oxygens (including phenoxy) is 2. The molecule has 0 atom stereocenters. The molecule has 248 valence electrons. The van der Waals surface area contributed by atoms with Gasteiger partial charge in [0.2, 0.25) is 5.91 Å². The summed E-state index contributed by atoms with van der Waals surface area (Å²) in [6, 6.07) is 18.3. The summed E-state index contributed by atoms with van der Waals surface area (Å²) in [6.45, 7) is 5.98. The average molecular weight is 662 g/mol. The summed E-state index contributed by atoms with van der Waals surface area (Å²) in [5.74, 6) is 0.626. The van der Waals surface area contributed by atoms with E-state index in [0.29, 0.717) is 57.0 Å².